The molecular formula is C37H37N5O9S2. The van der Waals surface area contributed by atoms with E-state index < -0.39 is 67.9 Å². The van der Waals surface area contributed by atoms with Crippen LogP contribution in [-0.4, -0.2) is 82.3 Å². The van der Waals surface area contributed by atoms with E-state index in [0.29, 0.717) is 33.5 Å². The zero-order chi connectivity index (χ0) is 38.0. The van der Waals surface area contributed by atoms with Crippen molar-refractivity contribution >= 4 is 48.7 Å². The molecule has 276 valence electrons. The van der Waals surface area contributed by atoms with E-state index in [4.69, 9.17) is 14.5 Å². The minimum atomic E-state index is -4.28. The first-order valence-corrected chi connectivity index (χ1v) is 19.5. The highest BCUT2D eigenvalue weighted by molar-refractivity contribution is 7.92. The molecule has 0 radical (unpaired) electrons. The van der Waals surface area contributed by atoms with Gasteiger partial charge in [-0.25, -0.2) is 31.3 Å². The van der Waals surface area contributed by atoms with E-state index in [1.807, 2.05) is 30.3 Å². The van der Waals surface area contributed by atoms with Gasteiger partial charge in [0.25, 0.3) is 15.9 Å². The van der Waals surface area contributed by atoms with Gasteiger partial charge < -0.3 is 19.7 Å². The number of methoxy groups -OCH3 is 1. The zero-order valence-corrected chi connectivity index (χ0v) is 30.2. The molecule has 2 fully saturated rings. The van der Waals surface area contributed by atoms with Crippen molar-refractivity contribution in [2.45, 2.75) is 35.4 Å². The van der Waals surface area contributed by atoms with Crippen LogP contribution in [-0.2, 0) is 34.4 Å². The van der Waals surface area contributed by atoms with E-state index in [0.717, 1.165) is 5.56 Å². The summed E-state index contributed by atoms with van der Waals surface area (Å²) in [6, 6.07) is 22.5. The van der Waals surface area contributed by atoms with Gasteiger partial charge >= 0.3 is 0 Å². The van der Waals surface area contributed by atoms with Crippen molar-refractivity contribution in [3.63, 3.8) is 0 Å². The van der Waals surface area contributed by atoms with Crippen LogP contribution < -0.4 is 24.2 Å². The molecule has 1 aliphatic carbocycles. The Morgan fingerprint density at radius 2 is 1.68 bits per heavy atom. The SMILES string of the molecule is C=C[C@@H]1C[C@]1(NC(=O)[C@@H]1C[C@@H](Oc2cc(-c3ccccc3)nc3cc(OC)ccc23)CN1C(=O)CNS(=O)(=O)C=C)C(=O)NS(=O)(=O)c1ccccc1. The molecule has 6 rings (SSSR count). The van der Waals surface area contributed by atoms with Gasteiger partial charge in [-0.05, 0) is 30.7 Å². The highest BCUT2D eigenvalue weighted by Gasteiger charge is 2.61. The van der Waals surface area contributed by atoms with Crippen LogP contribution in [0.25, 0.3) is 22.2 Å². The van der Waals surface area contributed by atoms with Crippen LogP contribution >= 0.6 is 0 Å². The lowest BCUT2D eigenvalue weighted by Crippen LogP contribution is -2.56. The molecule has 0 unspecified atom stereocenters. The zero-order valence-electron chi connectivity index (χ0n) is 28.6. The van der Waals surface area contributed by atoms with Gasteiger partial charge in [0.05, 0.1) is 36.3 Å². The van der Waals surface area contributed by atoms with Crippen LogP contribution in [0.1, 0.15) is 12.8 Å². The fourth-order valence-corrected chi connectivity index (χ4v) is 7.78. The van der Waals surface area contributed by atoms with Gasteiger partial charge in [-0.15, -0.1) is 6.58 Å². The third-order valence-electron chi connectivity index (χ3n) is 9.20. The maximum Gasteiger partial charge on any atom is 0.264 e. The minimum Gasteiger partial charge on any atom is -0.497 e. The van der Waals surface area contributed by atoms with Crippen molar-refractivity contribution in [2.75, 3.05) is 20.2 Å². The number of pyridine rings is 1. The number of rotatable bonds is 14. The molecular weight excluding hydrogens is 723 g/mol. The van der Waals surface area contributed by atoms with Crippen molar-refractivity contribution in [1.82, 2.24) is 24.6 Å². The average Bonchev–Trinajstić information content (AvgIpc) is 3.72. The van der Waals surface area contributed by atoms with Crippen LogP contribution in [0.15, 0.2) is 114 Å². The Morgan fingerprint density at radius 3 is 2.32 bits per heavy atom. The van der Waals surface area contributed by atoms with Crippen molar-refractivity contribution in [3.8, 4) is 22.8 Å². The largest absolute Gasteiger partial charge is 0.497 e. The Labute approximate surface area is 307 Å². The van der Waals surface area contributed by atoms with Crippen molar-refractivity contribution in [2.24, 2.45) is 5.92 Å². The number of amides is 3. The van der Waals surface area contributed by atoms with Gasteiger partial charge in [-0.2, -0.15) is 0 Å². The Balaban J connectivity index is 1.29. The number of nitrogens with one attached hydrogen (secondary N) is 3. The average molecular weight is 760 g/mol. The summed E-state index contributed by atoms with van der Waals surface area (Å²) in [6.07, 6.45) is 0.675. The molecule has 53 heavy (non-hydrogen) atoms. The smallest absolute Gasteiger partial charge is 0.264 e. The summed E-state index contributed by atoms with van der Waals surface area (Å²) in [4.78, 5) is 47.0. The maximum absolute atomic E-state index is 14.1. The molecule has 3 N–H and O–H groups in total. The Hall–Kier alpha value is -5.58. The molecule has 1 aromatic heterocycles. The highest BCUT2D eigenvalue weighted by Crippen LogP contribution is 2.45. The molecule has 4 aromatic rings. The lowest BCUT2D eigenvalue weighted by atomic mass is 10.1. The van der Waals surface area contributed by atoms with Gasteiger partial charge in [0.15, 0.2) is 0 Å². The van der Waals surface area contributed by atoms with Crippen molar-refractivity contribution in [3.05, 3.63) is 110 Å². The Bertz CT molecular complexity index is 2310. The quantitative estimate of drug-likeness (QED) is 0.161. The second-order valence-corrected chi connectivity index (χ2v) is 16.0. The van der Waals surface area contributed by atoms with Crippen LogP contribution in [0.2, 0.25) is 0 Å². The maximum atomic E-state index is 14.1. The molecule has 4 atom stereocenters. The van der Waals surface area contributed by atoms with Crippen LogP contribution in [0.3, 0.4) is 0 Å². The first-order chi connectivity index (χ1) is 25.3. The molecule has 1 saturated carbocycles. The fourth-order valence-electron chi connectivity index (χ4n) is 6.28. The molecule has 2 heterocycles. The van der Waals surface area contributed by atoms with Crippen LogP contribution in [0, 0.1) is 5.92 Å². The summed E-state index contributed by atoms with van der Waals surface area (Å²) in [7, 11) is -6.73. The normalized spacial score (nSPS) is 21.0. The molecule has 16 heteroatoms. The topological polar surface area (TPSA) is 190 Å². The standard InChI is InChI=1S/C37H37N5O9S2/c1-4-25-21-37(25,36(45)41-53(48,49)28-14-10-7-11-15-28)40-35(44)32-19-27(23-42(32)34(43)22-38-52(46,47)5-2)51-33-20-30(24-12-8-6-9-13-24)39-31-18-26(50-3)16-17-29(31)33/h4-18,20,25,27,32,38H,1-2,19,21-23H2,3H3,(H,40,44)(H,41,45)/t25-,27-,32+,37-/m1/s1. The van der Waals surface area contributed by atoms with Crippen molar-refractivity contribution in [1.29, 1.82) is 0 Å². The summed E-state index contributed by atoms with van der Waals surface area (Å²) >= 11 is 0. The number of sulfonamides is 2. The predicted molar refractivity (Wildman–Crippen MR) is 196 cm³/mol. The Morgan fingerprint density at radius 1 is 0.981 bits per heavy atom. The number of likely N-dealkylation sites (tertiary alicyclic amines) is 1. The molecule has 0 bridgehead atoms. The second kappa shape index (κ2) is 14.8. The summed E-state index contributed by atoms with van der Waals surface area (Å²) in [5.74, 6) is -2.08. The monoisotopic (exact) mass is 759 g/mol. The second-order valence-electron chi connectivity index (χ2n) is 12.6. The molecule has 2 aliphatic rings. The van der Waals surface area contributed by atoms with E-state index in [1.165, 1.54) is 35.2 Å². The first kappa shape index (κ1) is 37.2. The third kappa shape index (κ3) is 7.94. The number of benzene rings is 3. The van der Waals surface area contributed by atoms with Gasteiger partial charge in [-0.1, -0.05) is 61.2 Å². The van der Waals surface area contributed by atoms with E-state index in [-0.39, 0.29) is 24.3 Å². The van der Waals surface area contributed by atoms with E-state index in [1.54, 1.807) is 37.4 Å². The third-order valence-corrected chi connectivity index (χ3v) is 11.5. The number of aromatic nitrogens is 1. The summed E-state index contributed by atoms with van der Waals surface area (Å²) in [5.41, 5.74) is 0.325. The first-order valence-electron chi connectivity index (χ1n) is 16.5. The van der Waals surface area contributed by atoms with Gasteiger partial charge in [0.2, 0.25) is 21.8 Å². The Kier molecular flexibility index (Phi) is 10.4. The number of hydrogen-bond acceptors (Lipinski definition) is 10. The number of nitrogens with zero attached hydrogens (tertiary/aromatic N) is 2. The van der Waals surface area contributed by atoms with Crippen molar-refractivity contribution < 1.29 is 40.7 Å². The molecule has 1 saturated heterocycles. The lowest BCUT2D eigenvalue weighted by Gasteiger charge is -2.26. The number of carbonyl (C=O) groups excluding carboxylic acids is 3. The molecule has 3 aromatic carbocycles. The minimum absolute atomic E-state index is 0.0504. The van der Waals surface area contributed by atoms with Gasteiger partial charge in [0.1, 0.15) is 29.2 Å². The van der Waals surface area contributed by atoms with Crippen LogP contribution in [0.4, 0.5) is 0 Å². The molecule has 3 amide bonds. The highest BCUT2D eigenvalue weighted by atomic mass is 32.2. The predicted octanol–water partition coefficient (Wildman–Crippen LogP) is 2.89. The summed E-state index contributed by atoms with van der Waals surface area (Å²) in [6.45, 7) is 6.16. The number of carbonyl (C=O) groups is 3. The number of hydrogen-bond donors (Lipinski definition) is 3. The fraction of sp³-hybridized carbons (Fsp3) is 0.243. The van der Waals surface area contributed by atoms with E-state index in [2.05, 4.69) is 27.9 Å². The van der Waals surface area contributed by atoms with E-state index in [9.17, 15) is 31.2 Å². The van der Waals surface area contributed by atoms with E-state index >= 15 is 0 Å². The number of ether oxygens (including phenoxy) is 2. The molecule has 0 spiro atoms. The molecule has 1 aliphatic heterocycles. The summed E-state index contributed by atoms with van der Waals surface area (Å²) in [5, 5.41) is 3.99. The lowest BCUT2D eigenvalue weighted by molar-refractivity contribution is -0.139. The molecule has 14 nitrogen and oxygen atoms in total. The van der Waals surface area contributed by atoms with Gasteiger partial charge in [-0.3, -0.25) is 14.4 Å². The van der Waals surface area contributed by atoms with Gasteiger partial charge in [0, 0.05) is 40.8 Å². The van der Waals surface area contributed by atoms with Crippen LogP contribution in [0.5, 0.6) is 11.5 Å². The number of fused-ring (bicyclic) bond motifs is 1. The summed E-state index contributed by atoms with van der Waals surface area (Å²) < 4.78 is 66.3.